The number of nitrogens with zero attached hydrogens (tertiary/aromatic N) is 4. The minimum absolute atomic E-state index is 0. The molecular weight excluding hydrogens is 502 g/mol. The van der Waals surface area contributed by atoms with Crippen LogP contribution >= 0.6 is 0 Å². The molecule has 12 heteroatoms. The predicted molar refractivity (Wildman–Crippen MR) is 73.7 cm³/mol. The van der Waals surface area contributed by atoms with E-state index < -0.39 is 11.9 Å². The van der Waals surface area contributed by atoms with Crippen molar-refractivity contribution in [2.24, 2.45) is 0 Å². The molecule has 0 saturated carbocycles. The maximum atomic E-state index is 8.89. The summed E-state index contributed by atoms with van der Waals surface area (Å²) in [7, 11) is 0. The van der Waals surface area contributed by atoms with Gasteiger partial charge < -0.3 is 30.8 Å². The maximum absolute atomic E-state index is 8.89. The number of rotatable bonds is 0. The van der Waals surface area contributed by atoms with Crippen molar-refractivity contribution in [3.63, 3.8) is 0 Å². The van der Waals surface area contributed by atoms with Crippen molar-refractivity contribution < 1.29 is 69.7 Å². The Morgan fingerprint density at radius 3 is 0.625 bits per heavy atom. The van der Waals surface area contributed by atoms with Crippen LogP contribution < -0.4 is 10.2 Å². The van der Waals surface area contributed by atoms with Gasteiger partial charge in [-0.1, -0.05) is 0 Å². The van der Waals surface area contributed by atoms with Crippen LogP contribution in [-0.4, -0.2) is 22.9 Å². The van der Waals surface area contributed by atoms with Crippen LogP contribution in [0.1, 0.15) is 41.5 Å². The van der Waals surface area contributed by atoms with Gasteiger partial charge in [-0.3, -0.25) is 0 Å². The van der Waals surface area contributed by atoms with Gasteiger partial charge >= 0.3 is 39.0 Å². The molecule has 0 atom stereocenters. The van der Waals surface area contributed by atoms with Crippen molar-refractivity contribution in [2.45, 2.75) is 41.5 Å². The summed E-state index contributed by atoms with van der Waals surface area (Å²) < 4.78 is 0. The summed E-state index contributed by atoms with van der Waals surface area (Å²) in [5.41, 5.74) is 0. The van der Waals surface area contributed by atoms with Gasteiger partial charge in [0.2, 0.25) is 0 Å². The van der Waals surface area contributed by atoms with Gasteiger partial charge in [-0.25, -0.2) is 0 Å². The number of carbonyl (C=O) groups excluding carboxylic acids is 2. The summed E-state index contributed by atoms with van der Waals surface area (Å²) in [4.78, 5) is 17.8. The Morgan fingerprint density at radius 2 is 0.625 bits per heavy atom. The quantitative estimate of drug-likeness (QED) is 0.320. The Balaban J connectivity index is -0.0000000119. The number of hydrogen-bond donors (Lipinski definition) is 0. The van der Waals surface area contributed by atoms with Gasteiger partial charge in [0, 0.05) is 39.6 Å². The number of hydrogen-bond acceptors (Lipinski definition) is 8. The minimum atomic E-state index is -1.08. The van der Waals surface area contributed by atoms with Crippen LogP contribution in [0.15, 0.2) is 0 Å². The second-order valence-electron chi connectivity index (χ2n) is 1.88. The van der Waals surface area contributed by atoms with Gasteiger partial charge in [0.25, 0.3) is 0 Å². The molecule has 0 aromatic heterocycles. The van der Waals surface area contributed by atoms with E-state index in [0.717, 1.165) is 13.8 Å². The normalized spacial score (nSPS) is 3.42. The SMILES string of the molecule is CC#N.CC#N.CC#N.CC#N.CC(=O)[O-].CC(=O)[O-].O.O.[Rh+2].[Rh+2]. The smallest absolute Gasteiger partial charge is 0.550 e. The van der Waals surface area contributed by atoms with Gasteiger partial charge in [-0.15, -0.1) is 0 Å². The monoisotopic (exact) mass is 524 g/mol. The summed E-state index contributed by atoms with van der Waals surface area (Å²) in [6.07, 6.45) is 0. The average Bonchev–Trinajstić information content (AvgIpc) is 2.18. The minimum Gasteiger partial charge on any atom is -0.550 e. The zero-order chi connectivity index (χ0) is 18.0. The van der Waals surface area contributed by atoms with E-state index in [2.05, 4.69) is 0 Å². The molecule has 0 unspecified atom stereocenters. The first kappa shape index (κ1) is 67.3. The molecule has 10 nitrogen and oxygen atoms in total. The summed E-state index contributed by atoms with van der Waals surface area (Å²) in [6, 6.07) is 7.00. The first-order chi connectivity index (χ1) is 9.12. The summed E-state index contributed by atoms with van der Waals surface area (Å²) in [5, 5.41) is 47.1. The van der Waals surface area contributed by atoms with E-state index in [1.165, 1.54) is 27.7 Å². The molecule has 0 aromatic carbocycles. The largest absolute Gasteiger partial charge is 2.00 e. The molecule has 0 rings (SSSR count). The number of aliphatic carboxylic acids is 2. The number of nitriles is 4. The first-order valence-electron chi connectivity index (χ1n) is 4.71. The van der Waals surface area contributed by atoms with Crippen LogP contribution in [0.25, 0.3) is 0 Å². The van der Waals surface area contributed by atoms with Crippen LogP contribution in [0.3, 0.4) is 0 Å². The Bertz CT molecular complexity index is 300. The molecule has 142 valence electrons. The van der Waals surface area contributed by atoms with Crippen molar-refractivity contribution in [3.05, 3.63) is 0 Å². The number of carbonyl (C=O) groups is 2. The summed E-state index contributed by atoms with van der Waals surface area (Å²) in [5.74, 6) is -2.17. The molecule has 0 spiro atoms. The molecule has 0 aliphatic heterocycles. The molecule has 4 N–H and O–H groups in total. The molecule has 0 amide bonds. The van der Waals surface area contributed by atoms with Gasteiger partial charge in [0.15, 0.2) is 0 Å². The molecule has 2 radical (unpaired) electrons. The fourth-order valence-electron chi connectivity index (χ4n) is 0. The van der Waals surface area contributed by atoms with Crippen LogP contribution in [0.2, 0.25) is 0 Å². The van der Waals surface area contributed by atoms with E-state index in [1.54, 1.807) is 24.3 Å². The molecular formula is C12H22N4O6Rh2+2. The number of carboxylic acids is 2. The van der Waals surface area contributed by atoms with E-state index in [-0.39, 0.29) is 49.9 Å². The van der Waals surface area contributed by atoms with Crippen molar-refractivity contribution in [1.82, 2.24) is 0 Å². The summed E-state index contributed by atoms with van der Waals surface area (Å²) in [6.45, 7) is 7.67. The summed E-state index contributed by atoms with van der Waals surface area (Å²) >= 11 is 0. The van der Waals surface area contributed by atoms with Crippen LogP contribution in [-0.2, 0) is 48.5 Å². The van der Waals surface area contributed by atoms with Gasteiger partial charge in [0.05, 0.1) is 24.3 Å². The Hall–Kier alpha value is -1.93. The molecule has 0 fully saturated rings. The van der Waals surface area contributed by atoms with Gasteiger partial charge in [0.1, 0.15) is 0 Å². The van der Waals surface area contributed by atoms with Crippen LogP contribution in [0.4, 0.5) is 0 Å². The molecule has 0 saturated heterocycles. The van der Waals surface area contributed by atoms with Gasteiger partial charge in [-0.2, -0.15) is 21.0 Å². The fraction of sp³-hybridized carbons (Fsp3) is 0.500. The van der Waals surface area contributed by atoms with E-state index in [0.29, 0.717) is 0 Å². The van der Waals surface area contributed by atoms with Crippen LogP contribution in [0.5, 0.6) is 0 Å². The molecule has 0 bridgehead atoms. The Morgan fingerprint density at radius 1 is 0.625 bits per heavy atom. The van der Waals surface area contributed by atoms with Crippen LogP contribution in [0, 0.1) is 45.3 Å². The average molecular weight is 524 g/mol. The number of carboxylic acid groups (broad SMARTS) is 2. The van der Waals surface area contributed by atoms with E-state index in [9.17, 15) is 0 Å². The molecule has 0 aliphatic carbocycles. The van der Waals surface area contributed by atoms with E-state index in [4.69, 9.17) is 40.8 Å². The molecule has 24 heavy (non-hydrogen) atoms. The van der Waals surface area contributed by atoms with Crippen molar-refractivity contribution in [2.75, 3.05) is 0 Å². The van der Waals surface area contributed by atoms with E-state index >= 15 is 0 Å². The second-order valence-corrected chi connectivity index (χ2v) is 1.88. The topological polar surface area (TPSA) is 238 Å². The van der Waals surface area contributed by atoms with Crippen molar-refractivity contribution in [3.8, 4) is 24.3 Å². The Kier molecular flexibility index (Phi) is 365. The standard InChI is InChI=1S/4C2H3N.2C2H4O2.2H2O.2Rh/c4*1-2-3;2*1-2(3)4;;;;/h4*1H3;2*1H3,(H,3,4);2*1H2;;/q;;;;;;;;2*+2/p-2. The third-order valence-corrected chi connectivity index (χ3v) is 0. The predicted octanol–water partition coefficient (Wildman–Crippen LogP) is -2.02. The third kappa shape index (κ3) is 1950. The zero-order valence-electron chi connectivity index (χ0n) is 14.1. The van der Waals surface area contributed by atoms with E-state index in [1.807, 2.05) is 0 Å². The first-order valence-corrected chi connectivity index (χ1v) is 4.71. The van der Waals surface area contributed by atoms with Gasteiger partial charge in [-0.05, 0) is 13.8 Å². The zero-order valence-corrected chi connectivity index (χ0v) is 17.4. The molecule has 0 aromatic rings. The fourth-order valence-corrected chi connectivity index (χ4v) is 0. The van der Waals surface area contributed by atoms with Crippen molar-refractivity contribution >= 4 is 11.9 Å². The third-order valence-electron chi connectivity index (χ3n) is 0. The molecule has 0 heterocycles. The Labute approximate surface area is 168 Å². The van der Waals surface area contributed by atoms with Crippen molar-refractivity contribution in [1.29, 1.82) is 21.0 Å². The maximum Gasteiger partial charge on any atom is 2.00 e. The molecule has 0 aliphatic rings. The second kappa shape index (κ2) is 130.